The van der Waals surface area contributed by atoms with Gasteiger partial charge in [0, 0.05) is 19.5 Å². The smallest absolute Gasteiger partial charge is 0.109 e. The Kier molecular flexibility index (Phi) is 2.59. The largest absolute Gasteiger partial charge is 0.331 e. The number of aryl methyl sites for hydroxylation is 1. The number of hydrogen-bond donors (Lipinski definition) is 1. The van der Waals surface area contributed by atoms with E-state index in [1.807, 2.05) is 7.05 Å². The molecule has 2 rings (SSSR count). The highest BCUT2D eigenvalue weighted by molar-refractivity contribution is 5.17. The summed E-state index contributed by atoms with van der Waals surface area (Å²) in [6, 6.07) is 0. The maximum Gasteiger partial charge on any atom is 0.109 e. The molecular formula is C11H19N3. The highest BCUT2D eigenvalue weighted by Gasteiger charge is 2.20. The third kappa shape index (κ3) is 1.57. The Balaban J connectivity index is 2.33. The second-order valence-electron chi connectivity index (χ2n) is 4.34. The second-order valence-corrected chi connectivity index (χ2v) is 4.34. The summed E-state index contributed by atoms with van der Waals surface area (Å²) in [7, 11) is 1.99. The van der Waals surface area contributed by atoms with Gasteiger partial charge in [0.1, 0.15) is 5.82 Å². The Morgan fingerprint density at radius 2 is 2.36 bits per heavy atom. The van der Waals surface area contributed by atoms with Crippen LogP contribution in [0.4, 0.5) is 0 Å². The zero-order chi connectivity index (χ0) is 10.1. The third-order valence-electron chi connectivity index (χ3n) is 3.07. The molecule has 0 saturated carbocycles. The molecule has 0 aromatic carbocycles. The third-order valence-corrected chi connectivity index (χ3v) is 3.07. The summed E-state index contributed by atoms with van der Waals surface area (Å²) in [5, 5.41) is 3.21. The SMILES string of the molecule is CNCc1c(C)nc2n1CCC(C)C2. The average molecular weight is 193 g/mol. The van der Waals surface area contributed by atoms with Gasteiger partial charge in [0.2, 0.25) is 0 Å². The first kappa shape index (κ1) is 9.71. The van der Waals surface area contributed by atoms with Crippen LogP contribution < -0.4 is 5.32 Å². The van der Waals surface area contributed by atoms with Crippen LogP contribution in [0.25, 0.3) is 0 Å². The van der Waals surface area contributed by atoms with Crippen molar-refractivity contribution in [1.82, 2.24) is 14.9 Å². The van der Waals surface area contributed by atoms with Crippen molar-refractivity contribution in [2.24, 2.45) is 5.92 Å². The Hall–Kier alpha value is -0.830. The molecule has 0 spiro atoms. The zero-order valence-corrected chi connectivity index (χ0v) is 9.30. The molecule has 78 valence electrons. The lowest BCUT2D eigenvalue weighted by Gasteiger charge is -2.21. The van der Waals surface area contributed by atoms with E-state index in [1.54, 1.807) is 0 Å². The maximum absolute atomic E-state index is 4.64. The van der Waals surface area contributed by atoms with Gasteiger partial charge in [0.15, 0.2) is 0 Å². The van der Waals surface area contributed by atoms with Gasteiger partial charge >= 0.3 is 0 Å². The lowest BCUT2D eigenvalue weighted by molar-refractivity contribution is 0.401. The Morgan fingerprint density at radius 1 is 1.57 bits per heavy atom. The maximum atomic E-state index is 4.64. The molecule has 3 heteroatoms. The molecule has 1 aromatic rings. The highest BCUT2D eigenvalue weighted by atomic mass is 15.1. The van der Waals surface area contributed by atoms with E-state index in [2.05, 4.69) is 28.7 Å². The Bertz CT molecular complexity index is 328. The Morgan fingerprint density at radius 3 is 3.07 bits per heavy atom. The topological polar surface area (TPSA) is 29.9 Å². The summed E-state index contributed by atoms with van der Waals surface area (Å²) in [6.45, 7) is 6.51. The van der Waals surface area contributed by atoms with Crippen molar-refractivity contribution in [3.05, 3.63) is 17.2 Å². The van der Waals surface area contributed by atoms with Gasteiger partial charge in [-0.15, -0.1) is 0 Å². The van der Waals surface area contributed by atoms with Gasteiger partial charge in [0.25, 0.3) is 0 Å². The van der Waals surface area contributed by atoms with E-state index in [4.69, 9.17) is 0 Å². The van der Waals surface area contributed by atoms with E-state index in [0.717, 1.165) is 25.4 Å². The molecule has 1 N–H and O–H groups in total. The fraction of sp³-hybridized carbons (Fsp3) is 0.727. The molecule has 0 bridgehead atoms. The van der Waals surface area contributed by atoms with Crippen molar-refractivity contribution >= 4 is 0 Å². The quantitative estimate of drug-likeness (QED) is 0.771. The lowest BCUT2D eigenvalue weighted by atomic mass is 10.0. The highest BCUT2D eigenvalue weighted by Crippen LogP contribution is 2.22. The molecule has 3 nitrogen and oxygen atoms in total. The standard InChI is InChI=1S/C11H19N3/c1-8-4-5-14-10(7-12-3)9(2)13-11(14)6-8/h8,12H,4-7H2,1-3H3. The van der Waals surface area contributed by atoms with Crippen LogP contribution in [-0.4, -0.2) is 16.6 Å². The second kappa shape index (κ2) is 3.73. The van der Waals surface area contributed by atoms with Crippen LogP contribution in [0.15, 0.2) is 0 Å². The normalized spacial score (nSPS) is 20.9. The van der Waals surface area contributed by atoms with Crippen molar-refractivity contribution in [2.45, 2.75) is 39.8 Å². The number of nitrogens with zero attached hydrogens (tertiary/aromatic N) is 2. The van der Waals surface area contributed by atoms with Gasteiger partial charge in [-0.3, -0.25) is 0 Å². The van der Waals surface area contributed by atoms with Crippen molar-refractivity contribution in [1.29, 1.82) is 0 Å². The minimum absolute atomic E-state index is 0.798. The number of fused-ring (bicyclic) bond motifs is 1. The molecule has 1 aromatic heterocycles. The van der Waals surface area contributed by atoms with Gasteiger partial charge in [-0.25, -0.2) is 4.98 Å². The number of nitrogens with one attached hydrogen (secondary N) is 1. The van der Waals surface area contributed by atoms with E-state index >= 15 is 0 Å². The number of aromatic nitrogens is 2. The van der Waals surface area contributed by atoms with Crippen LogP contribution in [0.2, 0.25) is 0 Å². The first-order valence-electron chi connectivity index (χ1n) is 5.42. The molecule has 0 amide bonds. The van der Waals surface area contributed by atoms with Crippen LogP contribution >= 0.6 is 0 Å². The summed E-state index contributed by atoms with van der Waals surface area (Å²) >= 11 is 0. The summed E-state index contributed by atoms with van der Waals surface area (Å²) in [5.74, 6) is 2.08. The predicted molar refractivity (Wildman–Crippen MR) is 57.2 cm³/mol. The fourth-order valence-corrected chi connectivity index (χ4v) is 2.24. The lowest BCUT2D eigenvalue weighted by Crippen LogP contribution is -2.20. The van der Waals surface area contributed by atoms with Gasteiger partial charge in [-0.1, -0.05) is 6.92 Å². The number of hydrogen-bond acceptors (Lipinski definition) is 2. The van der Waals surface area contributed by atoms with Crippen LogP contribution in [-0.2, 0) is 19.5 Å². The molecular weight excluding hydrogens is 174 g/mol. The summed E-state index contributed by atoms with van der Waals surface area (Å²) in [5.41, 5.74) is 2.57. The van der Waals surface area contributed by atoms with E-state index in [-0.39, 0.29) is 0 Å². The summed E-state index contributed by atoms with van der Waals surface area (Å²) < 4.78 is 2.39. The first-order valence-corrected chi connectivity index (χ1v) is 5.42. The fourth-order valence-electron chi connectivity index (χ4n) is 2.24. The molecule has 14 heavy (non-hydrogen) atoms. The van der Waals surface area contributed by atoms with Crippen LogP contribution in [0.5, 0.6) is 0 Å². The van der Waals surface area contributed by atoms with Crippen LogP contribution in [0.1, 0.15) is 30.6 Å². The van der Waals surface area contributed by atoms with Crippen molar-refractivity contribution in [2.75, 3.05) is 7.05 Å². The predicted octanol–water partition coefficient (Wildman–Crippen LogP) is 1.49. The summed E-state index contributed by atoms with van der Waals surface area (Å²) in [6.07, 6.45) is 2.43. The van der Waals surface area contributed by atoms with Gasteiger partial charge in [0.05, 0.1) is 11.4 Å². The molecule has 1 unspecified atom stereocenters. The van der Waals surface area contributed by atoms with Crippen molar-refractivity contribution < 1.29 is 0 Å². The molecule has 1 atom stereocenters. The van der Waals surface area contributed by atoms with Crippen LogP contribution in [0, 0.1) is 12.8 Å². The minimum Gasteiger partial charge on any atom is -0.331 e. The molecule has 0 saturated heterocycles. The summed E-state index contributed by atoms with van der Waals surface area (Å²) in [4.78, 5) is 4.64. The Labute approximate surface area is 85.5 Å². The molecule has 0 fully saturated rings. The van der Waals surface area contributed by atoms with Crippen molar-refractivity contribution in [3.8, 4) is 0 Å². The van der Waals surface area contributed by atoms with E-state index in [1.165, 1.54) is 23.6 Å². The van der Waals surface area contributed by atoms with Crippen molar-refractivity contribution in [3.63, 3.8) is 0 Å². The molecule has 1 aliphatic rings. The van der Waals surface area contributed by atoms with Crippen LogP contribution in [0.3, 0.4) is 0 Å². The van der Waals surface area contributed by atoms with E-state index < -0.39 is 0 Å². The average Bonchev–Trinajstić information content (AvgIpc) is 2.43. The van der Waals surface area contributed by atoms with E-state index in [9.17, 15) is 0 Å². The van der Waals surface area contributed by atoms with E-state index in [0.29, 0.717) is 0 Å². The minimum atomic E-state index is 0.798. The number of imidazole rings is 1. The number of rotatable bonds is 2. The molecule has 0 radical (unpaired) electrons. The molecule has 2 heterocycles. The molecule has 1 aliphatic heterocycles. The van der Waals surface area contributed by atoms with Gasteiger partial charge in [-0.2, -0.15) is 0 Å². The van der Waals surface area contributed by atoms with Gasteiger partial charge in [-0.05, 0) is 26.3 Å². The molecule has 0 aliphatic carbocycles. The first-order chi connectivity index (χ1) is 6.72. The monoisotopic (exact) mass is 193 g/mol. The zero-order valence-electron chi connectivity index (χ0n) is 9.30. The van der Waals surface area contributed by atoms with Gasteiger partial charge < -0.3 is 9.88 Å².